The average molecular weight is 500 g/mol. The van der Waals surface area contributed by atoms with Gasteiger partial charge >= 0.3 is 11.9 Å². The monoisotopic (exact) mass is 500 g/mol. The van der Waals surface area contributed by atoms with Crippen LogP contribution in [0, 0.1) is 0 Å². The number of oxime groups is 1. The molecule has 0 saturated carbocycles. The molecule has 0 radical (unpaired) electrons. The average Bonchev–Trinajstić information content (AvgIpc) is 3.51. The SMILES string of the molecule is CO/N=C(\C(=O)N[C@H]1CN2CC(C(=O)OCc3ccccc3)=C(C(=O)O)N2C1=O)c1csc(N)n1. The Bertz CT molecular complexity index is 1240. The number of nitrogens with zero attached hydrogens (tertiary/aromatic N) is 4. The van der Waals surface area contributed by atoms with E-state index in [0.29, 0.717) is 0 Å². The molecule has 2 aliphatic rings. The van der Waals surface area contributed by atoms with Gasteiger partial charge in [0.2, 0.25) is 0 Å². The van der Waals surface area contributed by atoms with Gasteiger partial charge in [-0.2, -0.15) is 0 Å². The number of nitrogens with two attached hydrogens (primary N) is 1. The number of carbonyl (C=O) groups excluding carboxylic acids is 3. The molecule has 4 N–H and O–H groups in total. The van der Waals surface area contributed by atoms with Crippen LogP contribution in [0.25, 0.3) is 0 Å². The number of benzene rings is 1. The second-order valence-corrected chi connectivity index (χ2v) is 8.30. The van der Waals surface area contributed by atoms with Gasteiger partial charge in [0.1, 0.15) is 25.5 Å². The minimum Gasteiger partial charge on any atom is -0.477 e. The number of hydrogen-bond donors (Lipinski definition) is 3. The highest BCUT2D eigenvalue weighted by Crippen LogP contribution is 2.30. The molecule has 4 rings (SSSR count). The van der Waals surface area contributed by atoms with Gasteiger partial charge in [-0.1, -0.05) is 35.5 Å². The number of aliphatic carboxylic acids is 1. The van der Waals surface area contributed by atoms with E-state index in [4.69, 9.17) is 15.3 Å². The Morgan fingerprint density at radius 2 is 2.06 bits per heavy atom. The molecule has 2 amide bonds. The van der Waals surface area contributed by atoms with Crippen LogP contribution in [0.3, 0.4) is 0 Å². The first-order valence-electron chi connectivity index (χ1n) is 10.2. The lowest BCUT2D eigenvalue weighted by Gasteiger charge is -2.18. The molecule has 1 atom stereocenters. The van der Waals surface area contributed by atoms with Crippen LogP contribution in [0.15, 0.2) is 52.1 Å². The van der Waals surface area contributed by atoms with Crippen molar-refractivity contribution in [3.8, 4) is 0 Å². The normalized spacial score (nSPS) is 18.0. The molecule has 14 heteroatoms. The maximum absolute atomic E-state index is 13.0. The highest BCUT2D eigenvalue weighted by molar-refractivity contribution is 7.13. The summed E-state index contributed by atoms with van der Waals surface area (Å²) in [6.07, 6.45) is 0. The van der Waals surface area contributed by atoms with Gasteiger partial charge in [0.05, 0.1) is 12.1 Å². The number of fused-ring (bicyclic) bond motifs is 1. The van der Waals surface area contributed by atoms with Crippen molar-refractivity contribution in [3.05, 3.63) is 58.2 Å². The molecule has 35 heavy (non-hydrogen) atoms. The fourth-order valence-corrected chi connectivity index (χ4v) is 4.19. The number of aromatic nitrogens is 1. The number of ether oxygens (including phenoxy) is 1. The van der Waals surface area contributed by atoms with E-state index in [1.807, 2.05) is 6.07 Å². The second-order valence-electron chi connectivity index (χ2n) is 7.41. The molecule has 0 aliphatic carbocycles. The van der Waals surface area contributed by atoms with Crippen molar-refractivity contribution >= 4 is 45.9 Å². The maximum atomic E-state index is 13.0. The topological polar surface area (TPSA) is 177 Å². The van der Waals surface area contributed by atoms with E-state index in [1.165, 1.54) is 17.5 Å². The van der Waals surface area contributed by atoms with Crippen molar-refractivity contribution in [2.75, 3.05) is 25.9 Å². The van der Waals surface area contributed by atoms with Gasteiger partial charge in [-0.3, -0.25) is 9.59 Å². The first-order chi connectivity index (χ1) is 16.8. The molecule has 13 nitrogen and oxygen atoms in total. The van der Waals surface area contributed by atoms with E-state index in [9.17, 15) is 24.3 Å². The summed E-state index contributed by atoms with van der Waals surface area (Å²) in [6, 6.07) is 7.79. The van der Waals surface area contributed by atoms with Crippen molar-refractivity contribution in [1.82, 2.24) is 20.3 Å². The summed E-state index contributed by atoms with van der Waals surface area (Å²) in [5, 5.41) is 19.8. The zero-order valence-electron chi connectivity index (χ0n) is 18.3. The van der Waals surface area contributed by atoms with Crippen molar-refractivity contribution in [2.24, 2.45) is 5.16 Å². The molecule has 0 unspecified atom stereocenters. The van der Waals surface area contributed by atoms with Gasteiger partial charge in [-0.25, -0.2) is 24.6 Å². The van der Waals surface area contributed by atoms with Gasteiger partial charge in [-0.15, -0.1) is 11.3 Å². The zero-order chi connectivity index (χ0) is 25.1. The number of carbonyl (C=O) groups is 4. The van der Waals surface area contributed by atoms with Crippen molar-refractivity contribution in [1.29, 1.82) is 0 Å². The summed E-state index contributed by atoms with van der Waals surface area (Å²) < 4.78 is 5.25. The quantitative estimate of drug-likeness (QED) is 0.248. The van der Waals surface area contributed by atoms with Gasteiger partial charge in [-0.05, 0) is 5.56 Å². The number of rotatable bonds is 8. The largest absolute Gasteiger partial charge is 0.477 e. The lowest BCUT2D eigenvalue weighted by atomic mass is 10.1. The maximum Gasteiger partial charge on any atom is 0.354 e. The molecule has 1 saturated heterocycles. The van der Waals surface area contributed by atoms with Crippen LogP contribution in [-0.2, 0) is 35.4 Å². The third kappa shape index (κ3) is 4.83. The number of nitrogen functional groups attached to an aromatic ring is 1. The third-order valence-electron chi connectivity index (χ3n) is 5.15. The molecular weight excluding hydrogens is 480 g/mol. The van der Waals surface area contributed by atoms with E-state index < -0.39 is 35.5 Å². The zero-order valence-corrected chi connectivity index (χ0v) is 19.2. The Balaban J connectivity index is 1.49. The van der Waals surface area contributed by atoms with Crippen LogP contribution >= 0.6 is 11.3 Å². The molecular formula is C21H20N6O7S. The first-order valence-corrected chi connectivity index (χ1v) is 11.1. The fraction of sp³-hybridized carbons (Fsp3) is 0.238. The Labute approximate surface area is 202 Å². The lowest BCUT2D eigenvalue weighted by Crippen LogP contribution is -2.46. The highest BCUT2D eigenvalue weighted by atomic mass is 32.1. The number of hydrazine groups is 1. The smallest absolute Gasteiger partial charge is 0.354 e. The second kappa shape index (κ2) is 9.90. The predicted octanol–water partition coefficient (Wildman–Crippen LogP) is -0.284. The van der Waals surface area contributed by atoms with Crippen molar-refractivity contribution in [3.63, 3.8) is 0 Å². The van der Waals surface area contributed by atoms with Gasteiger partial charge in [0.25, 0.3) is 11.8 Å². The number of hydrogen-bond acceptors (Lipinski definition) is 11. The summed E-state index contributed by atoms with van der Waals surface area (Å²) >= 11 is 1.09. The Hall–Kier alpha value is -4.30. The number of carboxylic acid groups (broad SMARTS) is 1. The Morgan fingerprint density at radius 3 is 2.69 bits per heavy atom. The number of thiazole rings is 1. The fourth-order valence-electron chi connectivity index (χ4n) is 3.65. The molecule has 182 valence electrons. The van der Waals surface area contributed by atoms with Crippen molar-refractivity contribution < 1.29 is 33.9 Å². The molecule has 0 spiro atoms. The number of anilines is 1. The minimum atomic E-state index is -1.47. The molecule has 1 aromatic heterocycles. The van der Waals surface area contributed by atoms with Gasteiger partial charge in [0.15, 0.2) is 16.5 Å². The van der Waals surface area contributed by atoms with E-state index in [1.54, 1.807) is 24.3 Å². The summed E-state index contributed by atoms with van der Waals surface area (Å²) in [4.78, 5) is 59.1. The lowest BCUT2D eigenvalue weighted by molar-refractivity contribution is -0.144. The van der Waals surface area contributed by atoms with E-state index >= 15 is 0 Å². The highest BCUT2D eigenvalue weighted by Gasteiger charge is 2.50. The van der Waals surface area contributed by atoms with Crippen LogP contribution in [-0.4, -0.2) is 75.8 Å². The number of esters is 1. The summed E-state index contributed by atoms with van der Waals surface area (Å²) in [5.41, 5.74) is 5.63. The van der Waals surface area contributed by atoms with E-state index in [2.05, 4.69) is 15.5 Å². The number of amides is 2. The van der Waals surface area contributed by atoms with Crippen LogP contribution in [0.4, 0.5) is 5.13 Å². The number of nitrogens with one attached hydrogen (secondary N) is 1. The molecule has 2 aromatic rings. The summed E-state index contributed by atoms with van der Waals surface area (Å²) in [6.45, 7) is -0.295. The minimum absolute atomic E-state index is 0.0502. The molecule has 1 aromatic carbocycles. The van der Waals surface area contributed by atoms with Gasteiger partial charge in [0, 0.05) is 11.9 Å². The molecule has 3 heterocycles. The summed E-state index contributed by atoms with van der Waals surface area (Å²) in [5.74, 6) is -3.80. The summed E-state index contributed by atoms with van der Waals surface area (Å²) in [7, 11) is 1.24. The first kappa shape index (κ1) is 23.8. The van der Waals surface area contributed by atoms with Crippen molar-refractivity contribution in [2.45, 2.75) is 12.6 Å². The van der Waals surface area contributed by atoms with Crippen LogP contribution in [0.2, 0.25) is 0 Å². The number of carboxylic acids is 1. The molecule has 1 fully saturated rings. The molecule has 2 aliphatic heterocycles. The Morgan fingerprint density at radius 1 is 1.31 bits per heavy atom. The molecule has 0 bridgehead atoms. The van der Waals surface area contributed by atoms with E-state index in [-0.39, 0.29) is 41.8 Å². The van der Waals surface area contributed by atoms with Crippen LogP contribution in [0.1, 0.15) is 11.3 Å². The standard InChI is InChI=1S/C21H20N6O7S/c1-33-25-15(14-10-35-21(22)24-14)17(28)23-13-8-26-7-12(16(19(30)31)27(26)18(13)29)20(32)34-9-11-5-3-2-4-6-11/h2-6,10,13H,7-9H2,1H3,(H2,22,24)(H,23,28)(H,30,31)/b25-15-/t13-/m0/s1. The third-order valence-corrected chi connectivity index (χ3v) is 5.82. The predicted molar refractivity (Wildman–Crippen MR) is 121 cm³/mol. The van der Waals surface area contributed by atoms with Crippen LogP contribution < -0.4 is 11.1 Å². The Kier molecular flexibility index (Phi) is 6.75. The van der Waals surface area contributed by atoms with Gasteiger partial charge < -0.3 is 25.7 Å². The van der Waals surface area contributed by atoms with Crippen LogP contribution in [0.5, 0.6) is 0 Å². The van der Waals surface area contributed by atoms with E-state index in [0.717, 1.165) is 21.9 Å².